The molecule has 0 amide bonds. The Morgan fingerprint density at radius 1 is 1.35 bits per heavy atom. The fraction of sp³-hybridized carbons (Fsp3) is 0.385. The summed E-state index contributed by atoms with van der Waals surface area (Å²) >= 11 is 5.46. The van der Waals surface area contributed by atoms with E-state index < -0.39 is 0 Å². The van der Waals surface area contributed by atoms with Gasteiger partial charge in [-0.1, -0.05) is 11.8 Å². The third-order valence-electron chi connectivity index (χ3n) is 1.92. The van der Waals surface area contributed by atoms with Gasteiger partial charge in [0.25, 0.3) is 0 Å². The Kier molecular flexibility index (Phi) is 6.46. The number of hydrogen-bond donors (Lipinski definition) is 0. The second-order valence-corrected chi connectivity index (χ2v) is 3.39. The first-order valence-corrected chi connectivity index (χ1v) is 5.86. The summed E-state index contributed by atoms with van der Waals surface area (Å²) in [4.78, 5) is 0. The highest BCUT2D eigenvalue weighted by Gasteiger charge is 2.03. The summed E-state index contributed by atoms with van der Waals surface area (Å²) in [6.45, 7) is 3.46. The molecule has 92 valence electrons. The molecular formula is C13H14ClFO2. The number of halogens is 2. The highest BCUT2D eigenvalue weighted by molar-refractivity contribution is 6.19. The SMILES string of the molecule is CCOCCOc1ccc(F)cc1C#CCCl. The van der Waals surface area contributed by atoms with Crippen LogP contribution in [0, 0.1) is 17.7 Å². The van der Waals surface area contributed by atoms with Gasteiger partial charge in [-0.25, -0.2) is 4.39 Å². The first-order chi connectivity index (χ1) is 8.27. The van der Waals surface area contributed by atoms with Gasteiger partial charge in [0.05, 0.1) is 18.1 Å². The van der Waals surface area contributed by atoms with E-state index in [1.54, 1.807) is 6.07 Å². The molecule has 4 heteroatoms. The van der Waals surface area contributed by atoms with Crippen molar-refractivity contribution in [2.75, 3.05) is 25.7 Å². The summed E-state index contributed by atoms with van der Waals surface area (Å²) in [6, 6.07) is 4.22. The number of ether oxygens (including phenoxy) is 2. The van der Waals surface area contributed by atoms with Gasteiger partial charge >= 0.3 is 0 Å². The molecule has 0 radical (unpaired) electrons. The van der Waals surface area contributed by atoms with Crippen molar-refractivity contribution in [1.29, 1.82) is 0 Å². The van der Waals surface area contributed by atoms with Crippen molar-refractivity contribution in [3.63, 3.8) is 0 Å². The Labute approximate surface area is 106 Å². The fourth-order valence-electron chi connectivity index (χ4n) is 1.21. The molecule has 17 heavy (non-hydrogen) atoms. The molecule has 0 aliphatic rings. The van der Waals surface area contributed by atoms with E-state index in [2.05, 4.69) is 11.8 Å². The highest BCUT2D eigenvalue weighted by Crippen LogP contribution is 2.18. The Morgan fingerprint density at radius 2 is 2.18 bits per heavy atom. The van der Waals surface area contributed by atoms with Crippen LogP contribution in [0.3, 0.4) is 0 Å². The first-order valence-electron chi connectivity index (χ1n) is 5.33. The molecule has 0 N–H and O–H groups in total. The molecule has 0 fully saturated rings. The van der Waals surface area contributed by atoms with Gasteiger partial charge in [-0.15, -0.1) is 11.6 Å². The topological polar surface area (TPSA) is 18.5 Å². The quantitative estimate of drug-likeness (QED) is 0.458. The monoisotopic (exact) mass is 256 g/mol. The van der Waals surface area contributed by atoms with Crippen LogP contribution in [-0.2, 0) is 4.74 Å². The number of alkyl halides is 1. The number of benzene rings is 1. The van der Waals surface area contributed by atoms with Crippen molar-refractivity contribution in [3.05, 3.63) is 29.6 Å². The standard InChI is InChI=1S/C13H14ClFO2/c1-2-16-8-9-17-13-6-5-12(15)10-11(13)4-3-7-14/h5-6,10H,2,7-9H2,1H3. The van der Waals surface area contributed by atoms with Gasteiger partial charge in [-0.05, 0) is 25.1 Å². The van der Waals surface area contributed by atoms with E-state index in [9.17, 15) is 4.39 Å². The van der Waals surface area contributed by atoms with Crippen LogP contribution in [0.25, 0.3) is 0 Å². The average Bonchev–Trinajstić information content (AvgIpc) is 2.34. The van der Waals surface area contributed by atoms with Crippen LogP contribution in [0.15, 0.2) is 18.2 Å². The van der Waals surface area contributed by atoms with Gasteiger partial charge < -0.3 is 9.47 Å². The van der Waals surface area contributed by atoms with Gasteiger partial charge in [0.1, 0.15) is 18.2 Å². The van der Waals surface area contributed by atoms with Crippen LogP contribution >= 0.6 is 11.6 Å². The highest BCUT2D eigenvalue weighted by atomic mass is 35.5. The minimum Gasteiger partial charge on any atom is -0.490 e. The Balaban J connectivity index is 2.69. The van der Waals surface area contributed by atoms with Crippen LogP contribution in [0.4, 0.5) is 4.39 Å². The van der Waals surface area contributed by atoms with Crippen LogP contribution in [0.1, 0.15) is 12.5 Å². The molecule has 0 aliphatic carbocycles. The molecule has 0 saturated heterocycles. The summed E-state index contributed by atoms with van der Waals surface area (Å²) in [7, 11) is 0. The van der Waals surface area contributed by atoms with Gasteiger partial charge in [0, 0.05) is 6.61 Å². The maximum Gasteiger partial charge on any atom is 0.135 e. The van der Waals surface area contributed by atoms with Crippen molar-refractivity contribution >= 4 is 11.6 Å². The van der Waals surface area contributed by atoms with E-state index in [1.165, 1.54) is 12.1 Å². The van der Waals surface area contributed by atoms with E-state index in [0.29, 0.717) is 31.1 Å². The molecule has 0 aliphatic heterocycles. The molecule has 1 aromatic carbocycles. The lowest BCUT2D eigenvalue weighted by molar-refractivity contribution is 0.110. The maximum absolute atomic E-state index is 13.0. The van der Waals surface area contributed by atoms with E-state index in [4.69, 9.17) is 21.1 Å². The Hall–Kier alpha value is -1.24. The molecule has 1 aromatic rings. The van der Waals surface area contributed by atoms with Gasteiger partial charge in [-0.3, -0.25) is 0 Å². The van der Waals surface area contributed by atoms with Crippen LogP contribution in [0.2, 0.25) is 0 Å². The van der Waals surface area contributed by atoms with Crippen LogP contribution in [0.5, 0.6) is 5.75 Å². The smallest absolute Gasteiger partial charge is 0.135 e. The lowest BCUT2D eigenvalue weighted by Crippen LogP contribution is -2.07. The van der Waals surface area contributed by atoms with Crippen LogP contribution in [-0.4, -0.2) is 25.7 Å². The van der Waals surface area contributed by atoms with Crippen molar-refractivity contribution in [2.24, 2.45) is 0 Å². The lowest BCUT2D eigenvalue weighted by atomic mass is 10.2. The predicted octanol–water partition coefficient (Wildman–Crippen LogP) is 2.83. The maximum atomic E-state index is 13.0. The van der Waals surface area contributed by atoms with Crippen molar-refractivity contribution in [3.8, 4) is 17.6 Å². The summed E-state index contributed by atoms with van der Waals surface area (Å²) < 4.78 is 23.6. The lowest BCUT2D eigenvalue weighted by Gasteiger charge is -2.08. The number of rotatable bonds is 5. The average molecular weight is 257 g/mol. The second kappa shape index (κ2) is 7.94. The molecule has 0 saturated carbocycles. The van der Waals surface area contributed by atoms with Gasteiger partial charge in [0.2, 0.25) is 0 Å². The Bertz CT molecular complexity index is 410. The van der Waals surface area contributed by atoms with E-state index >= 15 is 0 Å². The zero-order valence-corrected chi connectivity index (χ0v) is 10.4. The minimum absolute atomic E-state index is 0.203. The third-order valence-corrected chi connectivity index (χ3v) is 2.05. The molecule has 0 heterocycles. The van der Waals surface area contributed by atoms with Crippen molar-refractivity contribution < 1.29 is 13.9 Å². The van der Waals surface area contributed by atoms with E-state index in [1.807, 2.05) is 6.92 Å². The van der Waals surface area contributed by atoms with E-state index in [0.717, 1.165) is 0 Å². The third kappa shape index (κ3) is 5.08. The molecular weight excluding hydrogens is 243 g/mol. The molecule has 0 spiro atoms. The molecule has 0 atom stereocenters. The minimum atomic E-state index is -0.346. The Morgan fingerprint density at radius 3 is 2.88 bits per heavy atom. The molecule has 2 nitrogen and oxygen atoms in total. The van der Waals surface area contributed by atoms with Gasteiger partial charge in [0.15, 0.2) is 0 Å². The normalized spacial score (nSPS) is 9.59. The van der Waals surface area contributed by atoms with Crippen molar-refractivity contribution in [1.82, 2.24) is 0 Å². The molecule has 0 aromatic heterocycles. The summed E-state index contributed by atoms with van der Waals surface area (Å²) in [5, 5.41) is 0. The largest absolute Gasteiger partial charge is 0.490 e. The van der Waals surface area contributed by atoms with Gasteiger partial charge in [-0.2, -0.15) is 0 Å². The fourth-order valence-corrected chi connectivity index (χ4v) is 1.28. The predicted molar refractivity (Wildman–Crippen MR) is 66.0 cm³/mol. The first kappa shape index (κ1) is 13.8. The van der Waals surface area contributed by atoms with E-state index in [-0.39, 0.29) is 11.7 Å². The zero-order chi connectivity index (χ0) is 12.5. The molecule has 1 rings (SSSR count). The number of hydrogen-bond acceptors (Lipinski definition) is 2. The molecule has 0 bridgehead atoms. The summed E-state index contributed by atoms with van der Waals surface area (Å²) in [6.07, 6.45) is 0. The van der Waals surface area contributed by atoms with Crippen LogP contribution < -0.4 is 4.74 Å². The second-order valence-electron chi connectivity index (χ2n) is 3.12. The summed E-state index contributed by atoms with van der Waals surface area (Å²) in [5.41, 5.74) is 0.502. The summed E-state index contributed by atoms with van der Waals surface area (Å²) in [5.74, 6) is 5.83. The van der Waals surface area contributed by atoms with Crippen molar-refractivity contribution in [2.45, 2.75) is 6.92 Å². The zero-order valence-electron chi connectivity index (χ0n) is 9.63. The molecule has 0 unspecified atom stereocenters.